The van der Waals surface area contributed by atoms with E-state index in [4.69, 9.17) is 9.47 Å². The number of rotatable bonds is 4. The average Bonchev–Trinajstić information content (AvgIpc) is 3.36. The van der Waals surface area contributed by atoms with Gasteiger partial charge in [0.25, 0.3) is 5.56 Å². The van der Waals surface area contributed by atoms with Crippen LogP contribution in [-0.2, 0) is 11.3 Å². The van der Waals surface area contributed by atoms with Crippen LogP contribution >= 0.6 is 11.3 Å². The summed E-state index contributed by atoms with van der Waals surface area (Å²) in [4.78, 5) is 29.9. The Morgan fingerprint density at radius 2 is 1.97 bits per heavy atom. The molecule has 0 aliphatic carbocycles. The molecule has 0 radical (unpaired) electrons. The number of ether oxygens (including phenoxy) is 2. The molecule has 2 aromatic heterocycles. The quantitative estimate of drug-likeness (QED) is 0.545. The van der Waals surface area contributed by atoms with Gasteiger partial charge in [-0.1, -0.05) is 30.3 Å². The number of fused-ring (bicyclic) bond motifs is 2. The lowest BCUT2D eigenvalue weighted by atomic mass is 10.1. The number of anilines is 1. The average molecular weight is 420 g/mol. The molecule has 3 heterocycles. The van der Waals surface area contributed by atoms with E-state index in [1.54, 1.807) is 18.2 Å². The minimum absolute atomic E-state index is 0.154. The lowest BCUT2D eigenvalue weighted by molar-refractivity contribution is -0.117. The van der Waals surface area contributed by atoms with E-state index in [1.807, 2.05) is 37.3 Å². The number of aryl methyl sites for hydroxylation is 1. The van der Waals surface area contributed by atoms with Crippen molar-refractivity contribution in [3.8, 4) is 22.8 Å². The van der Waals surface area contributed by atoms with Gasteiger partial charge in [-0.3, -0.25) is 9.59 Å². The molecule has 0 bridgehead atoms. The lowest BCUT2D eigenvalue weighted by Gasteiger charge is -2.10. The predicted octanol–water partition coefficient (Wildman–Crippen LogP) is 3.20. The van der Waals surface area contributed by atoms with E-state index in [1.165, 1.54) is 11.3 Å². The minimum Gasteiger partial charge on any atom is -0.454 e. The van der Waals surface area contributed by atoms with Gasteiger partial charge in [-0.25, -0.2) is 9.67 Å². The Balaban J connectivity index is 1.49. The van der Waals surface area contributed by atoms with Crippen LogP contribution in [0.5, 0.6) is 11.5 Å². The second kappa shape index (κ2) is 7.27. The molecule has 0 atom stereocenters. The van der Waals surface area contributed by atoms with E-state index >= 15 is 0 Å². The first-order valence-corrected chi connectivity index (χ1v) is 10.0. The number of hydrogen-bond acceptors (Lipinski definition) is 7. The minimum atomic E-state index is -0.394. The van der Waals surface area contributed by atoms with Crippen molar-refractivity contribution in [2.75, 3.05) is 12.1 Å². The summed E-state index contributed by atoms with van der Waals surface area (Å²) in [6.07, 6.45) is 0. The Kier molecular flexibility index (Phi) is 4.44. The van der Waals surface area contributed by atoms with Crippen LogP contribution in [0.4, 0.5) is 5.69 Å². The van der Waals surface area contributed by atoms with Crippen LogP contribution in [-0.4, -0.2) is 27.5 Å². The number of hydrogen-bond donors (Lipinski definition) is 1. The fourth-order valence-electron chi connectivity index (χ4n) is 3.27. The van der Waals surface area contributed by atoms with E-state index in [0.717, 1.165) is 20.0 Å². The molecular formula is C21H16N4O4S. The molecule has 0 unspecified atom stereocenters. The van der Waals surface area contributed by atoms with Crippen LogP contribution in [0.15, 0.2) is 53.3 Å². The largest absolute Gasteiger partial charge is 0.454 e. The van der Waals surface area contributed by atoms with Crippen molar-refractivity contribution < 1.29 is 14.3 Å². The van der Waals surface area contributed by atoms with Gasteiger partial charge in [-0.15, -0.1) is 11.3 Å². The zero-order valence-electron chi connectivity index (χ0n) is 15.9. The maximum atomic E-state index is 12.9. The van der Waals surface area contributed by atoms with Crippen molar-refractivity contribution in [1.29, 1.82) is 0 Å². The normalized spacial score (nSPS) is 12.3. The lowest BCUT2D eigenvalue weighted by Crippen LogP contribution is -2.30. The van der Waals surface area contributed by atoms with Gasteiger partial charge < -0.3 is 14.8 Å². The molecule has 2 aromatic carbocycles. The van der Waals surface area contributed by atoms with Gasteiger partial charge in [0.2, 0.25) is 12.7 Å². The van der Waals surface area contributed by atoms with Crippen molar-refractivity contribution in [3.05, 3.63) is 63.9 Å². The van der Waals surface area contributed by atoms with E-state index in [0.29, 0.717) is 28.4 Å². The van der Waals surface area contributed by atoms with Crippen LogP contribution < -0.4 is 20.3 Å². The molecule has 0 fully saturated rings. The maximum absolute atomic E-state index is 12.9. The highest BCUT2D eigenvalue weighted by Crippen LogP contribution is 2.34. The Hall–Kier alpha value is -3.72. The summed E-state index contributed by atoms with van der Waals surface area (Å²) in [6.45, 7) is 1.76. The highest BCUT2D eigenvalue weighted by molar-refractivity contribution is 7.19. The van der Waals surface area contributed by atoms with Gasteiger partial charge >= 0.3 is 0 Å². The number of thiazole rings is 1. The van der Waals surface area contributed by atoms with Crippen LogP contribution in [0.3, 0.4) is 0 Å². The molecule has 0 saturated heterocycles. The molecule has 30 heavy (non-hydrogen) atoms. The number of nitrogens with one attached hydrogen (secondary N) is 1. The van der Waals surface area contributed by atoms with Gasteiger partial charge in [0.05, 0.1) is 9.71 Å². The zero-order valence-corrected chi connectivity index (χ0v) is 16.7. The Bertz CT molecular complexity index is 1330. The van der Waals surface area contributed by atoms with Crippen LogP contribution in [0.2, 0.25) is 0 Å². The summed E-state index contributed by atoms with van der Waals surface area (Å²) >= 11 is 1.42. The van der Waals surface area contributed by atoms with Gasteiger partial charge in [0.15, 0.2) is 17.0 Å². The molecule has 1 aliphatic heterocycles. The van der Waals surface area contributed by atoms with Crippen molar-refractivity contribution in [3.63, 3.8) is 0 Å². The van der Waals surface area contributed by atoms with Crippen molar-refractivity contribution >= 4 is 33.1 Å². The number of carbonyl (C=O) groups is 1. The second-order valence-electron chi connectivity index (χ2n) is 6.70. The first-order chi connectivity index (χ1) is 14.6. The number of carbonyl (C=O) groups excluding carboxylic acids is 1. The molecule has 9 heteroatoms. The summed E-state index contributed by atoms with van der Waals surface area (Å²) in [5.41, 5.74) is 1.96. The summed E-state index contributed by atoms with van der Waals surface area (Å²) in [6, 6.07) is 14.7. The summed E-state index contributed by atoms with van der Waals surface area (Å²) in [5.74, 6) is 0.811. The molecule has 8 nitrogen and oxygen atoms in total. The zero-order chi connectivity index (χ0) is 20.7. The molecule has 1 N–H and O–H groups in total. The molecule has 4 aromatic rings. The van der Waals surface area contributed by atoms with E-state index in [9.17, 15) is 9.59 Å². The van der Waals surface area contributed by atoms with Gasteiger partial charge in [-0.05, 0) is 19.1 Å². The smallest absolute Gasteiger partial charge is 0.294 e. The first-order valence-electron chi connectivity index (χ1n) is 9.22. The van der Waals surface area contributed by atoms with Crippen LogP contribution in [0.1, 0.15) is 5.01 Å². The summed E-state index contributed by atoms with van der Waals surface area (Å²) in [7, 11) is 0. The second-order valence-corrected chi connectivity index (χ2v) is 7.91. The van der Waals surface area contributed by atoms with E-state index in [2.05, 4.69) is 15.4 Å². The number of aromatic nitrogens is 3. The third-order valence-electron chi connectivity index (χ3n) is 4.60. The molecule has 150 valence electrons. The number of benzene rings is 2. The van der Waals surface area contributed by atoms with Crippen molar-refractivity contribution in [1.82, 2.24) is 14.8 Å². The monoisotopic (exact) mass is 420 g/mol. The molecule has 0 spiro atoms. The van der Waals surface area contributed by atoms with Crippen LogP contribution in [0, 0.1) is 6.92 Å². The first kappa shape index (κ1) is 18.3. The highest BCUT2D eigenvalue weighted by Gasteiger charge is 2.19. The standard InChI is InChI=1S/C21H16N4O4S/c1-12-22-19-20(30-12)18(13-5-3-2-4-6-13)24-25(21(19)27)10-17(26)23-14-7-8-15-16(9-14)29-11-28-15/h2-9H,10-11H2,1H3,(H,23,26). The van der Waals surface area contributed by atoms with Gasteiger partial charge in [-0.2, -0.15) is 5.10 Å². The van der Waals surface area contributed by atoms with Gasteiger partial charge in [0, 0.05) is 17.3 Å². The summed E-state index contributed by atoms with van der Waals surface area (Å²) in [5, 5.41) is 8.03. The Morgan fingerprint density at radius 1 is 1.17 bits per heavy atom. The molecular weight excluding hydrogens is 404 g/mol. The SMILES string of the molecule is Cc1nc2c(=O)n(CC(=O)Nc3ccc4c(c3)OCO4)nc(-c3ccccc3)c2s1. The molecule has 1 amide bonds. The Labute approximate surface area is 174 Å². The molecule has 0 saturated carbocycles. The van der Waals surface area contributed by atoms with Crippen molar-refractivity contribution in [2.24, 2.45) is 0 Å². The molecule has 1 aliphatic rings. The third-order valence-corrected chi connectivity index (χ3v) is 5.58. The van der Waals surface area contributed by atoms with E-state index in [-0.39, 0.29) is 19.2 Å². The summed E-state index contributed by atoms with van der Waals surface area (Å²) < 4.78 is 12.5. The number of amides is 1. The number of nitrogens with zero attached hydrogens (tertiary/aromatic N) is 3. The van der Waals surface area contributed by atoms with E-state index < -0.39 is 5.56 Å². The highest BCUT2D eigenvalue weighted by atomic mass is 32.1. The third kappa shape index (κ3) is 3.29. The fourth-order valence-corrected chi connectivity index (χ4v) is 4.19. The topological polar surface area (TPSA) is 95.3 Å². The maximum Gasteiger partial charge on any atom is 0.294 e. The predicted molar refractivity (Wildman–Crippen MR) is 113 cm³/mol. The fraction of sp³-hybridized carbons (Fsp3) is 0.143. The van der Waals surface area contributed by atoms with Gasteiger partial charge in [0.1, 0.15) is 12.2 Å². The molecule has 5 rings (SSSR count). The Morgan fingerprint density at radius 3 is 2.80 bits per heavy atom. The van der Waals surface area contributed by atoms with Crippen molar-refractivity contribution in [2.45, 2.75) is 13.5 Å². The van der Waals surface area contributed by atoms with Crippen LogP contribution in [0.25, 0.3) is 21.5 Å².